The molecule has 1 unspecified atom stereocenters. The lowest BCUT2D eigenvalue weighted by Gasteiger charge is -2.21. The summed E-state index contributed by atoms with van der Waals surface area (Å²) < 4.78 is 12.9. The summed E-state index contributed by atoms with van der Waals surface area (Å²) >= 11 is 0. The van der Waals surface area contributed by atoms with Gasteiger partial charge in [-0.25, -0.2) is 9.98 Å². The second kappa shape index (κ2) is 10.8. The van der Waals surface area contributed by atoms with Gasteiger partial charge in [0.25, 0.3) is 0 Å². The minimum absolute atomic E-state index is 0.295. The Balaban J connectivity index is 1.44. The van der Waals surface area contributed by atoms with Crippen molar-refractivity contribution in [3.8, 4) is 17.2 Å². The summed E-state index contributed by atoms with van der Waals surface area (Å²) in [6.07, 6.45) is 6.57. The van der Waals surface area contributed by atoms with Crippen LogP contribution in [0.4, 0.5) is 5.69 Å². The van der Waals surface area contributed by atoms with Crippen LogP contribution in [0.1, 0.15) is 18.9 Å². The average Bonchev–Trinajstić information content (AvgIpc) is 3.55. The van der Waals surface area contributed by atoms with E-state index in [1.165, 1.54) is 0 Å². The van der Waals surface area contributed by atoms with Gasteiger partial charge < -0.3 is 29.6 Å². The molecule has 174 valence electrons. The maximum atomic E-state index is 5.43. The third kappa shape index (κ3) is 5.58. The molecule has 2 N–H and O–H groups in total. The SMILES string of the molecule is CCNC(=NCc1ccccc1-n1ccnc1)NC1CCN(c2cc(OC)cc(OC)c2)C1. The molecule has 2 heterocycles. The molecule has 4 rings (SSSR count). The van der Waals surface area contributed by atoms with Gasteiger partial charge in [0.2, 0.25) is 0 Å². The normalized spacial score (nSPS) is 16.0. The highest BCUT2D eigenvalue weighted by molar-refractivity contribution is 5.80. The van der Waals surface area contributed by atoms with Gasteiger partial charge in [0.15, 0.2) is 5.96 Å². The summed E-state index contributed by atoms with van der Waals surface area (Å²) in [7, 11) is 3.36. The number of aliphatic imine (C=N–C) groups is 1. The lowest BCUT2D eigenvalue weighted by atomic mass is 10.2. The predicted octanol–water partition coefficient (Wildman–Crippen LogP) is 3.22. The Bertz CT molecular complexity index is 1040. The van der Waals surface area contributed by atoms with Gasteiger partial charge in [-0.1, -0.05) is 18.2 Å². The minimum atomic E-state index is 0.295. The van der Waals surface area contributed by atoms with E-state index in [0.717, 1.165) is 60.5 Å². The fourth-order valence-corrected chi connectivity index (χ4v) is 4.06. The van der Waals surface area contributed by atoms with E-state index in [4.69, 9.17) is 14.5 Å². The number of methoxy groups -OCH3 is 2. The first kappa shape index (κ1) is 22.5. The Hall–Kier alpha value is -3.68. The fraction of sp³-hybridized carbons (Fsp3) is 0.360. The van der Waals surface area contributed by atoms with Crippen molar-refractivity contribution >= 4 is 11.6 Å². The van der Waals surface area contributed by atoms with Gasteiger partial charge in [0, 0.05) is 62.0 Å². The molecule has 1 aromatic heterocycles. The number of hydrogen-bond acceptors (Lipinski definition) is 5. The zero-order valence-corrected chi connectivity index (χ0v) is 19.5. The van der Waals surface area contributed by atoms with E-state index in [1.54, 1.807) is 20.4 Å². The number of nitrogens with one attached hydrogen (secondary N) is 2. The zero-order chi connectivity index (χ0) is 23.0. The molecule has 2 aromatic carbocycles. The van der Waals surface area contributed by atoms with E-state index in [2.05, 4.69) is 51.7 Å². The number of anilines is 1. The van der Waals surface area contributed by atoms with Crippen LogP contribution in [0, 0.1) is 0 Å². The number of nitrogens with zero attached hydrogens (tertiary/aromatic N) is 4. The Morgan fingerprint density at radius 3 is 2.64 bits per heavy atom. The number of aromatic nitrogens is 2. The van der Waals surface area contributed by atoms with E-state index in [-0.39, 0.29) is 0 Å². The molecule has 1 atom stereocenters. The van der Waals surface area contributed by atoms with Crippen LogP contribution in [0.25, 0.3) is 5.69 Å². The summed E-state index contributed by atoms with van der Waals surface area (Å²) in [5, 5.41) is 7.00. The highest BCUT2D eigenvalue weighted by Crippen LogP contribution is 2.30. The van der Waals surface area contributed by atoms with E-state index in [0.29, 0.717) is 12.6 Å². The number of para-hydroxylation sites is 1. The Kier molecular flexibility index (Phi) is 7.34. The van der Waals surface area contributed by atoms with Crippen LogP contribution >= 0.6 is 0 Å². The van der Waals surface area contributed by atoms with Crippen molar-refractivity contribution in [2.75, 3.05) is 38.8 Å². The number of rotatable bonds is 8. The second-order valence-corrected chi connectivity index (χ2v) is 7.94. The van der Waals surface area contributed by atoms with Gasteiger partial charge in [-0.2, -0.15) is 0 Å². The molecule has 0 spiro atoms. The molecule has 3 aromatic rings. The molecule has 0 saturated carbocycles. The van der Waals surface area contributed by atoms with Crippen molar-refractivity contribution in [1.29, 1.82) is 0 Å². The topological polar surface area (TPSA) is 75.9 Å². The van der Waals surface area contributed by atoms with Crippen LogP contribution in [-0.2, 0) is 6.54 Å². The number of imidazole rings is 1. The summed E-state index contributed by atoms with van der Waals surface area (Å²) in [5.41, 5.74) is 3.34. The number of benzene rings is 2. The number of ether oxygens (including phenoxy) is 2. The van der Waals surface area contributed by atoms with Crippen LogP contribution in [0.15, 0.2) is 66.2 Å². The van der Waals surface area contributed by atoms with E-state index in [9.17, 15) is 0 Å². The van der Waals surface area contributed by atoms with Gasteiger partial charge >= 0.3 is 0 Å². The lowest BCUT2D eigenvalue weighted by molar-refractivity contribution is 0.394. The van der Waals surface area contributed by atoms with Crippen molar-refractivity contribution in [2.45, 2.75) is 25.9 Å². The quantitative estimate of drug-likeness (QED) is 0.407. The average molecular weight is 449 g/mol. The zero-order valence-electron chi connectivity index (χ0n) is 19.5. The summed E-state index contributed by atoms with van der Waals surface area (Å²) in [5.74, 6) is 2.42. The van der Waals surface area contributed by atoms with Crippen LogP contribution in [0.3, 0.4) is 0 Å². The van der Waals surface area contributed by atoms with Gasteiger partial charge in [-0.3, -0.25) is 0 Å². The van der Waals surface area contributed by atoms with Crippen LogP contribution in [-0.4, -0.2) is 55.4 Å². The van der Waals surface area contributed by atoms with Crippen molar-refractivity contribution in [3.05, 3.63) is 66.7 Å². The number of hydrogen-bond donors (Lipinski definition) is 2. The van der Waals surface area contributed by atoms with Crippen LogP contribution in [0.5, 0.6) is 11.5 Å². The first-order valence-corrected chi connectivity index (χ1v) is 11.3. The largest absolute Gasteiger partial charge is 0.497 e. The molecular weight excluding hydrogens is 416 g/mol. The van der Waals surface area contributed by atoms with Gasteiger partial charge in [0.1, 0.15) is 11.5 Å². The molecule has 0 radical (unpaired) electrons. The summed E-state index contributed by atoms with van der Waals surface area (Å²) in [6, 6.07) is 14.6. The molecule has 1 aliphatic rings. The maximum absolute atomic E-state index is 5.43. The molecule has 1 saturated heterocycles. The van der Waals surface area contributed by atoms with Crippen molar-refractivity contribution in [2.24, 2.45) is 4.99 Å². The van der Waals surface area contributed by atoms with Crippen LogP contribution < -0.4 is 25.0 Å². The Morgan fingerprint density at radius 2 is 1.94 bits per heavy atom. The van der Waals surface area contributed by atoms with E-state index >= 15 is 0 Å². The molecule has 0 bridgehead atoms. The first-order chi connectivity index (χ1) is 16.2. The summed E-state index contributed by atoms with van der Waals surface area (Å²) in [6.45, 7) is 5.30. The van der Waals surface area contributed by atoms with Crippen molar-refractivity contribution in [3.63, 3.8) is 0 Å². The lowest BCUT2D eigenvalue weighted by Crippen LogP contribution is -2.44. The highest BCUT2D eigenvalue weighted by atomic mass is 16.5. The van der Waals surface area contributed by atoms with Crippen molar-refractivity contribution in [1.82, 2.24) is 20.2 Å². The number of guanidine groups is 1. The molecule has 33 heavy (non-hydrogen) atoms. The van der Waals surface area contributed by atoms with Gasteiger partial charge in [-0.05, 0) is 25.0 Å². The van der Waals surface area contributed by atoms with Crippen molar-refractivity contribution < 1.29 is 9.47 Å². The minimum Gasteiger partial charge on any atom is -0.497 e. The Morgan fingerprint density at radius 1 is 1.15 bits per heavy atom. The van der Waals surface area contributed by atoms with Gasteiger partial charge in [-0.15, -0.1) is 0 Å². The standard InChI is InChI=1S/C25H32N6O2/c1-4-27-25(28-16-19-7-5-6-8-24(19)31-12-10-26-18-31)29-20-9-11-30(17-20)21-13-22(32-2)15-23(14-21)33-3/h5-8,10,12-15,18,20H,4,9,11,16-17H2,1-3H3,(H2,27,28,29). The Labute approximate surface area is 195 Å². The van der Waals surface area contributed by atoms with E-state index in [1.807, 2.05) is 35.3 Å². The third-order valence-corrected chi connectivity index (χ3v) is 5.76. The molecule has 0 amide bonds. The van der Waals surface area contributed by atoms with Crippen LogP contribution in [0.2, 0.25) is 0 Å². The van der Waals surface area contributed by atoms with Gasteiger partial charge in [0.05, 0.1) is 32.8 Å². The molecule has 8 heteroatoms. The molecular formula is C25H32N6O2. The highest BCUT2D eigenvalue weighted by Gasteiger charge is 2.24. The fourth-order valence-electron chi connectivity index (χ4n) is 4.06. The second-order valence-electron chi connectivity index (χ2n) is 7.94. The monoisotopic (exact) mass is 448 g/mol. The summed E-state index contributed by atoms with van der Waals surface area (Å²) in [4.78, 5) is 11.4. The maximum Gasteiger partial charge on any atom is 0.191 e. The first-order valence-electron chi connectivity index (χ1n) is 11.3. The smallest absolute Gasteiger partial charge is 0.191 e. The molecule has 1 aliphatic heterocycles. The van der Waals surface area contributed by atoms with E-state index < -0.39 is 0 Å². The molecule has 8 nitrogen and oxygen atoms in total. The molecule has 1 fully saturated rings. The molecule has 0 aliphatic carbocycles. The predicted molar refractivity (Wildman–Crippen MR) is 132 cm³/mol. The third-order valence-electron chi connectivity index (χ3n) is 5.76.